The second-order valence-electron chi connectivity index (χ2n) is 4.90. The molecule has 0 aromatic carbocycles. The summed E-state index contributed by atoms with van der Waals surface area (Å²) in [6.07, 6.45) is 2.56. The maximum absolute atomic E-state index is 2.45. The molecule has 0 rings (SSSR count). The van der Waals surface area contributed by atoms with Crippen LogP contribution in [0.25, 0.3) is 0 Å². The van der Waals surface area contributed by atoms with E-state index in [1.807, 2.05) is 0 Å². The van der Waals surface area contributed by atoms with Crippen LogP contribution >= 0.6 is 0 Å². The molecule has 1 nitrogen and oxygen atoms in total. The number of hydrogen-bond acceptors (Lipinski definition) is 1. The van der Waals surface area contributed by atoms with Gasteiger partial charge in [-0.15, -0.1) is 0 Å². The summed E-state index contributed by atoms with van der Waals surface area (Å²) >= 11 is 0. The fraction of sp³-hybridized carbons (Fsp3) is 1.00. The molecule has 0 N–H and O–H groups in total. The monoisotopic (exact) mass is 171 g/mol. The van der Waals surface area contributed by atoms with Crippen LogP contribution in [-0.2, 0) is 0 Å². The molecule has 0 aromatic heterocycles. The highest BCUT2D eigenvalue weighted by Gasteiger charge is 2.19. The van der Waals surface area contributed by atoms with E-state index in [0.29, 0.717) is 5.41 Å². The summed E-state index contributed by atoms with van der Waals surface area (Å²) in [5.41, 5.74) is 0.462. The van der Waals surface area contributed by atoms with Gasteiger partial charge in [0.2, 0.25) is 0 Å². The average Bonchev–Trinajstić information content (AvgIpc) is 1.97. The molecule has 0 bridgehead atoms. The molecular weight excluding hydrogens is 146 g/mol. The third kappa shape index (κ3) is 4.76. The highest BCUT2D eigenvalue weighted by Crippen LogP contribution is 2.24. The molecule has 74 valence electrons. The molecule has 0 aromatic rings. The van der Waals surface area contributed by atoms with E-state index >= 15 is 0 Å². The second-order valence-corrected chi connectivity index (χ2v) is 4.90. The van der Waals surface area contributed by atoms with Crippen LogP contribution in [0.3, 0.4) is 0 Å². The van der Waals surface area contributed by atoms with E-state index in [0.717, 1.165) is 12.6 Å². The van der Waals surface area contributed by atoms with Gasteiger partial charge in [-0.25, -0.2) is 0 Å². The number of rotatable bonds is 4. The van der Waals surface area contributed by atoms with Crippen molar-refractivity contribution in [3.63, 3.8) is 0 Å². The third-order valence-corrected chi connectivity index (χ3v) is 2.44. The topological polar surface area (TPSA) is 3.24 Å². The Morgan fingerprint density at radius 3 is 1.92 bits per heavy atom. The van der Waals surface area contributed by atoms with Gasteiger partial charge in [-0.1, -0.05) is 34.6 Å². The molecule has 0 spiro atoms. The minimum atomic E-state index is 0.462. The SMILES string of the molecule is CC[C@@H](CC(C)(C)C)N(C)CC. The Morgan fingerprint density at radius 2 is 1.67 bits per heavy atom. The predicted molar refractivity (Wildman–Crippen MR) is 56.5 cm³/mol. The lowest BCUT2D eigenvalue weighted by atomic mass is 9.87. The number of hydrogen-bond donors (Lipinski definition) is 0. The van der Waals surface area contributed by atoms with Gasteiger partial charge in [0, 0.05) is 6.04 Å². The largest absolute Gasteiger partial charge is 0.304 e. The Hall–Kier alpha value is -0.0400. The van der Waals surface area contributed by atoms with Crippen molar-refractivity contribution in [2.24, 2.45) is 5.41 Å². The van der Waals surface area contributed by atoms with Gasteiger partial charge < -0.3 is 4.90 Å². The van der Waals surface area contributed by atoms with E-state index in [9.17, 15) is 0 Å². The molecular formula is C11H25N. The Balaban J connectivity index is 3.99. The fourth-order valence-corrected chi connectivity index (χ4v) is 1.58. The van der Waals surface area contributed by atoms with E-state index in [2.05, 4.69) is 46.6 Å². The zero-order valence-electron chi connectivity index (χ0n) is 9.65. The lowest BCUT2D eigenvalue weighted by molar-refractivity contribution is 0.181. The second kappa shape index (κ2) is 4.86. The van der Waals surface area contributed by atoms with Crippen LogP contribution < -0.4 is 0 Å². The summed E-state index contributed by atoms with van der Waals surface area (Å²) < 4.78 is 0. The molecule has 1 heteroatoms. The van der Waals surface area contributed by atoms with Crippen molar-refractivity contribution < 1.29 is 0 Å². The van der Waals surface area contributed by atoms with E-state index in [1.165, 1.54) is 12.8 Å². The molecule has 0 saturated heterocycles. The quantitative estimate of drug-likeness (QED) is 0.628. The first kappa shape index (κ1) is 12.0. The summed E-state index contributed by atoms with van der Waals surface area (Å²) in [6.45, 7) is 12.6. The maximum atomic E-state index is 2.45. The molecule has 0 aliphatic heterocycles. The lowest BCUT2D eigenvalue weighted by Gasteiger charge is -2.31. The van der Waals surface area contributed by atoms with Gasteiger partial charge in [-0.05, 0) is 31.8 Å². The molecule has 0 amide bonds. The van der Waals surface area contributed by atoms with Crippen LogP contribution in [0.5, 0.6) is 0 Å². The minimum Gasteiger partial charge on any atom is -0.304 e. The molecule has 0 aliphatic carbocycles. The molecule has 0 radical (unpaired) electrons. The molecule has 0 saturated carbocycles. The third-order valence-electron chi connectivity index (χ3n) is 2.44. The van der Waals surface area contributed by atoms with Gasteiger partial charge in [0.15, 0.2) is 0 Å². The normalized spacial score (nSPS) is 15.2. The van der Waals surface area contributed by atoms with Crippen LogP contribution in [0.1, 0.15) is 47.5 Å². The van der Waals surface area contributed by atoms with Crippen molar-refractivity contribution in [3.05, 3.63) is 0 Å². The summed E-state index contributed by atoms with van der Waals surface area (Å²) in [6, 6.07) is 0.759. The van der Waals surface area contributed by atoms with Crippen LogP contribution in [0, 0.1) is 5.41 Å². The van der Waals surface area contributed by atoms with Gasteiger partial charge in [-0.3, -0.25) is 0 Å². The van der Waals surface area contributed by atoms with Gasteiger partial charge in [0.05, 0.1) is 0 Å². The van der Waals surface area contributed by atoms with E-state index in [1.54, 1.807) is 0 Å². The average molecular weight is 171 g/mol. The van der Waals surface area contributed by atoms with Gasteiger partial charge in [-0.2, -0.15) is 0 Å². The first-order chi connectivity index (χ1) is 5.40. The Kier molecular flexibility index (Phi) is 4.84. The fourth-order valence-electron chi connectivity index (χ4n) is 1.58. The first-order valence-corrected chi connectivity index (χ1v) is 5.11. The number of nitrogens with zero attached hydrogens (tertiary/aromatic N) is 1. The van der Waals surface area contributed by atoms with E-state index in [4.69, 9.17) is 0 Å². The standard InChI is InChI=1S/C11H25N/c1-7-10(12(6)8-2)9-11(3,4)5/h10H,7-9H2,1-6H3/t10-/m0/s1. The smallest absolute Gasteiger partial charge is 0.00944 e. The maximum Gasteiger partial charge on any atom is 0.00944 e. The molecule has 0 unspecified atom stereocenters. The van der Waals surface area contributed by atoms with Crippen molar-refractivity contribution in [3.8, 4) is 0 Å². The molecule has 0 fully saturated rings. The Labute approximate surface area is 78.1 Å². The predicted octanol–water partition coefficient (Wildman–Crippen LogP) is 3.15. The summed E-state index contributed by atoms with van der Waals surface area (Å²) in [4.78, 5) is 2.45. The summed E-state index contributed by atoms with van der Waals surface area (Å²) in [5, 5.41) is 0. The van der Waals surface area contributed by atoms with Crippen LogP contribution in [-0.4, -0.2) is 24.5 Å². The summed E-state index contributed by atoms with van der Waals surface area (Å²) in [7, 11) is 2.22. The van der Waals surface area contributed by atoms with Crippen LogP contribution in [0.4, 0.5) is 0 Å². The lowest BCUT2D eigenvalue weighted by Crippen LogP contribution is -2.34. The zero-order valence-corrected chi connectivity index (χ0v) is 9.65. The van der Waals surface area contributed by atoms with Crippen molar-refractivity contribution in [2.45, 2.75) is 53.5 Å². The highest BCUT2D eigenvalue weighted by molar-refractivity contribution is 4.73. The van der Waals surface area contributed by atoms with E-state index < -0.39 is 0 Å². The molecule has 12 heavy (non-hydrogen) atoms. The van der Waals surface area contributed by atoms with E-state index in [-0.39, 0.29) is 0 Å². The summed E-state index contributed by atoms with van der Waals surface area (Å²) in [5.74, 6) is 0. The first-order valence-electron chi connectivity index (χ1n) is 5.11. The molecule has 0 heterocycles. The minimum absolute atomic E-state index is 0.462. The molecule has 0 aliphatic rings. The van der Waals surface area contributed by atoms with Gasteiger partial charge >= 0.3 is 0 Å². The molecule has 1 atom stereocenters. The van der Waals surface area contributed by atoms with Crippen molar-refractivity contribution in [1.29, 1.82) is 0 Å². The highest BCUT2D eigenvalue weighted by atomic mass is 15.1. The van der Waals surface area contributed by atoms with Crippen molar-refractivity contribution >= 4 is 0 Å². The van der Waals surface area contributed by atoms with Crippen molar-refractivity contribution in [2.75, 3.05) is 13.6 Å². The Bertz CT molecular complexity index is 113. The Morgan fingerprint density at radius 1 is 1.17 bits per heavy atom. The zero-order chi connectivity index (χ0) is 9.78. The van der Waals surface area contributed by atoms with Crippen LogP contribution in [0.2, 0.25) is 0 Å². The van der Waals surface area contributed by atoms with Crippen LogP contribution in [0.15, 0.2) is 0 Å². The van der Waals surface area contributed by atoms with Gasteiger partial charge in [0.25, 0.3) is 0 Å². The van der Waals surface area contributed by atoms with Gasteiger partial charge in [0.1, 0.15) is 0 Å². The van der Waals surface area contributed by atoms with Crippen molar-refractivity contribution in [1.82, 2.24) is 4.90 Å².